The number of halogens is 1. The number of hydrogen-bond acceptors (Lipinski definition) is 8. The number of nitrogens with zero attached hydrogens (tertiary/aromatic N) is 1. The first-order valence-electron chi connectivity index (χ1n) is 12.0. The lowest BCUT2D eigenvalue weighted by atomic mass is 10.0. The highest BCUT2D eigenvalue weighted by Crippen LogP contribution is 2.36. The van der Waals surface area contributed by atoms with Gasteiger partial charge in [0.1, 0.15) is 17.6 Å². The number of aliphatic hydroxyl groups is 1. The van der Waals surface area contributed by atoms with Gasteiger partial charge >= 0.3 is 12.1 Å². The third-order valence-electron chi connectivity index (χ3n) is 6.07. The van der Waals surface area contributed by atoms with Crippen molar-refractivity contribution in [2.24, 2.45) is 0 Å². The fourth-order valence-electron chi connectivity index (χ4n) is 4.27. The molecule has 3 rings (SSSR count). The molecule has 0 aliphatic carbocycles. The number of rotatable bonds is 12. The van der Waals surface area contributed by atoms with Gasteiger partial charge in [0.15, 0.2) is 12.2 Å². The van der Waals surface area contributed by atoms with Crippen molar-refractivity contribution in [2.45, 2.75) is 70.3 Å². The average molecular weight is 566 g/mol. The number of amides is 2. The molecule has 1 saturated heterocycles. The van der Waals surface area contributed by atoms with E-state index in [0.717, 1.165) is 36.1 Å². The van der Waals surface area contributed by atoms with Gasteiger partial charge in [-0.1, -0.05) is 43.2 Å². The second-order valence-electron chi connectivity index (χ2n) is 8.66. The summed E-state index contributed by atoms with van der Waals surface area (Å²) >= 11 is 3.48. The number of imide groups is 1. The van der Waals surface area contributed by atoms with Crippen LogP contribution < -0.4 is 0 Å². The fraction of sp³-hybridized carbons (Fsp3) is 0.500. The summed E-state index contributed by atoms with van der Waals surface area (Å²) < 4.78 is 23.1. The number of unbranched alkanes of at least 4 members (excludes halogenated alkanes) is 3. The van der Waals surface area contributed by atoms with E-state index in [9.17, 15) is 14.4 Å². The second-order valence-corrected chi connectivity index (χ2v) is 9.51. The van der Waals surface area contributed by atoms with Crippen LogP contribution in [0.3, 0.4) is 0 Å². The summed E-state index contributed by atoms with van der Waals surface area (Å²) in [6, 6.07) is 10.2. The molecule has 10 heteroatoms. The molecule has 0 saturated carbocycles. The van der Waals surface area contributed by atoms with Crippen LogP contribution in [0.15, 0.2) is 45.3 Å². The largest absolute Gasteiger partial charge is 0.461 e. The summed E-state index contributed by atoms with van der Waals surface area (Å²) in [6.45, 7) is 3.11. The number of benzene rings is 1. The highest BCUT2D eigenvalue weighted by Gasteiger charge is 2.48. The highest BCUT2D eigenvalue weighted by atomic mass is 79.9. The Kier molecular flexibility index (Phi) is 10.1. The molecule has 1 aliphatic heterocycles. The van der Waals surface area contributed by atoms with E-state index in [1.165, 1.54) is 14.0 Å². The summed E-state index contributed by atoms with van der Waals surface area (Å²) in [6.07, 6.45) is 0.0618. The number of cyclic esters (lactones) is 1. The van der Waals surface area contributed by atoms with E-state index >= 15 is 0 Å². The van der Waals surface area contributed by atoms with Gasteiger partial charge in [-0.25, -0.2) is 9.69 Å². The molecule has 36 heavy (non-hydrogen) atoms. The van der Waals surface area contributed by atoms with E-state index in [2.05, 4.69) is 15.9 Å². The SMILES string of the molecule is CO[C@@H](C(=O)N1C(=O)O[C@@H](c2ccccc2)[C@H]1C)[C@@H](OC(C)=O)c1cc(Br)c(CCCCCCO)o1. The van der Waals surface area contributed by atoms with Crippen LogP contribution in [0, 0.1) is 0 Å². The van der Waals surface area contributed by atoms with E-state index in [0.29, 0.717) is 16.7 Å². The Bertz CT molecular complexity index is 1040. The number of aliphatic hydroxyl groups excluding tert-OH is 1. The first-order chi connectivity index (χ1) is 17.3. The molecule has 1 aliphatic rings. The van der Waals surface area contributed by atoms with E-state index in [4.69, 9.17) is 23.7 Å². The average Bonchev–Trinajstić information content (AvgIpc) is 3.37. The van der Waals surface area contributed by atoms with Crippen LogP contribution in [0.5, 0.6) is 0 Å². The molecule has 2 heterocycles. The maximum atomic E-state index is 13.6. The molecule has 1 N–H and O–H groups in total. The lowest BCUT2D eigenvalue weighted by molar-refractivity contribution is -0.164. The number of esters is 1. The van der Waals surface area contributed by atoms with Gasteiger partial charge in [0.05, 0.1) is 10.5 Å². The summed E-state index contributed by atoms with van der Waals surface area (Å²) in [4.78, 5) is 39.3. The second kappa shape index (κ2) is 13.0. The van der Waals surface area contributed by atoms with Crippen LogP contribution in [-0.4, -0.2) is 53.8 Å². The van der Waals surface area contributed by atoms with Crippen LogP contribution in [0.2, 0.25) is 0 Å². The fourth-order valence-corrected chi connectivity index (χ4v) is 4.78. The molecule has 4 atom stereocenters. The molecule has 1 fully saturated rings. The molecule has 2 aromatic rings. The number of aryl methyl sites for hydroxylation is 1. The van der Waals surface area contributed by atoms with Crippen molar-refractivity contribution in [1.82, 2.24) is 4.90 Å². The summed E-state index contributed by atoms with van der Waals surface area (Å²) in [7, 11) is 1.31. The Morgan fingerprint density at radius 3 is 2.50 bits per heavy atom. The minimum absolute atomic E-state index is 0.167. The quantitative estimate of drug-likeness (QED) is 0.286. The summed E-state index contributed by atoms with van der Waals surface area (Å²) in [5, 5.41) is 8.93. The predicted molar refractivity (Wildman–Crippen MR) is 133 cm³/mol. The van der Waals surface area contributed by atoms with Crippen molar-refractivity contribution in [3.8, 4) is 0 Å². The number of carbonyl (C=O) groups excluding carboxylic acids is 3. The van der Waals surface area contributed by atoms with Crippen LogP contribution in [0.1, 0.15) is 68.8 Å². The van der Waals surface area contributed by atoms with Crippen molar-refractivity contribution < 1.29 is 38.1 Å². The zero-order valence-electron chi connectivity index (χ0n) is 20.6. The first kappa shape index (κ1) is 27.9. The number of ether oxygens (including phenoxy) is 3. The first-order valence-corrected chi connectivity index (χ1v) is 12.7. The van der Waals surface area contributed by atoms with Crippen LogP contribution in [0.4, 0.5) is 4.79 Å². The molecule has 0 unspecified atom stereocenters. The van der Waals surface area contributed by atoms with Crippen molar-refractivity contribution in [2.75, 3.05) is 13.7 Å². The third kappa shape index (κ3) is 6.54. The molecular weight excluding hydrogens is 534 g/mol. The molecule has 2 amide bonds. The number of carbonyl (C=O) groups is 3. The van der Waals surface area contributed by atoms with Crippen LogP contribution in [-0.2, 0) is 30.2 Å². The summed E-state index contributed by atoms with van der Waals surface area (Å²) in [5.74, 6) is -0.459. The third-order valence-corrected chi connectivity index (χ3v) is 6.74. The van der Waals surface area contributed by atoms with E-state index in [-0.39, 0.29) is 12.4 Å². The zero-order chi connectivity index (χ0) is 26.2. The minimum atomic E-state index is -1.34. The van der Waals surface area contributed by atoms with Gasteiger partial charge in [-0.2, -0.15) is 0 Å². The lowest BCUT2D eigenvalue weighted by Gasteiger charge is -2.27. The molecule has 0 radical (unpaired) electrons. The van der Waals surface area contributed by atoms with Gasteiger partial charge in [0, 0.05) is 27.1 Å². The lowest BCUT2D eigenvalue weighted by Crippen LogP contribution is -2.47. The van der Waals surface area contributed by atoms with Crippen molar-refractivity contribution >= 4 is 33.9 Å². The minimum Gasteiger partial charge on any atom is -0.461 e. The Hall–Kier alpha value is -2.69. The van der Waals surface area contributed by atoms with Gasteiger partial charge in [0.2, 0.25) is 0 Å². The van der Waals surface area contributed by atoms with Crippen molar-refractivity contribution in [3.63, 3.8) is 0 Å². The van der Waals surface area contributed by atoms with Crippen molar-refractivity contribution in [3.05, 3.63) is 58.0 Å². The molecule has 1 aromatic carbocycles. The normalized spacial score (nSPS) is 19.1. The van der Waals surface area contributed by atoms with Gasteiger partial charge in [-0.05, 0) is 47.3 Å². The van der Waals surface area contributed by atoms with Crippen molar-refractivity contribution in [1.29, 1.82) is 0 Å². The topological polar surface area (TPSA) is 116 Å². The monoisotopic (exact) mass is 565 g/mol. The highest BCUT2D eigenvalue weighted by molar-refractivity contribution is 9.10. The standard InChI is InChI=1S/C26H32BrNO8/c1-16-22(18-11-7-6-8-12-18)36-26(32)28(16)25(31)24(33-3)23(34-17(2)30)21-15-19(27)20(35-21)13-9-4-5-10-14-29/h6-8,11-12,15-16,22-24,29H,4-5,9-10,13-14H2,1-3H3/t16-,22-,23+,24-/m1/s1. The number of furan rings is 1. The van der Waals surface area contributed by atoms with E-state index in [1.807, 2.05) is 30.3 Å². The Morgan fingerprint density at radius 2 is 1.86 bits per heavy atom. The molecule has 0 bridgehead atoms. The zero-order valence-corrected chi connectivity index (χ0v) is 22.2. The number of hydrogen-bond donors (Lipinski definition) is 1. The Balaban J connectivity index is 1.82. The molecule has 9 nitrogen and oxygen atoms in total. The summed E-state index contributed by atoms with van der Waals surface area (Å²) in [5.41, 5.74) is 0.762. The van der Waals surface area contributed by atoms with Gasteiger partial charge in [-0.3, -0.25) is 9.59 Å². The van der Waals surface area contributed by atoms with E-state index in [1.54, 1.807) is 13.0 Å². The van der Waals surface area contributed by atoms with Crippen LogP contribution >= 0.6 is 15.9 Å². The van der Waals surface area contributed by atoms with Gasteiger partial charge in [-0.15, -0.1) is 0 Å². The molecule has 196 valence electrons. The molecular formula is C26H32BrNO8. The molecule has 1 aromatic heterocycles. The van der Waals surface area contributed by atoms with Gasteiger partial charge in [0.25, 0.3) is 5.91 Å². The molecule has 0 spiro atoms. The maximum absolute atomic E-state index is 13.6. The smallest absolute Gasteiger partial charge is 0.417 e. The predicted octanol–water partition coefficient (Wildman–Crippen LogP) is 4.87. The van der Waals surface area contributed by atoms with Crippen LogP contribution in [0.25, 0.3) is 0 Å². The van der Waals surface area contributed by atoms with Gasteiger partial charge < -0.3 is 23.7 Å². The Morgan fingerprint density at radius 1 is 1.17 bits per heavy atom. The Labute approximate surface area is 218 Å². The number of methoxy groups -OCH3 is 1. The van der Waals surface area contributed by atoms with E-state index < -0.39 is 42.3 Å². The maximum Gasteiger partial charge on any atom is 0.417 e.